The Hall–Kier alpha value is -0.370. The van der Waals surface area contributed by atoms with Gasteiger partial charge >= 0.3 is 0 Å². The number of Topliss-reactive ketones (excluding diaryl/α,β-unsaturated/α-hetero) is 1. The summed E-state index contributed by atoms with van der Waals surface area (Å²) < 4.78 is 0. The van der Waals surface area contributed by atoms with Gasteiger partial charge in [-0.2, -0.15) is 0 Å². The number of rotatable bonds is 1. The molecule has 130 valence electrons. The maximum Gasteiger partial charge on any atom is 0.133 e. The Morgan fingerprint density at radius 3 is 2.48 bits per heavy atom. The summed E-state index contributed by atoms with van der Waals surface area (Å²) >= 11 is 0. The van der Waals surface area contributed by atoms with E-state index < -0.39 is 0 Å². The van der Waals surface area contributed by atoms with Gasteiger partial charge in [-0.1, -0.05) is 13.8 Å². The molecule has 2 heteroatoms. The number of aliphatic hydroxyl groups is 1. The van der Waals surface area contributed by atoms with Gasteiger partial charge in [0.1, 0.15) is 5.78 Å². The highest BCUT2D eigenvalue weighted by Crippen LogP contribution is 2.67. The first-order chi connectivity index (χ1) is 10.9. The molecule has 0 aliphatic heterocycles. The molecule has 0 spiro atoms. The third kappa shape index (κ3) is 2.19. The summed E-state index contributed by atoms with van der Waals surface area (Å²) in [6, 6.07) is 0. The molecular weight excluding hydrogens is 284 g/mol. The predicted octanol–water partition coefficient (Wildman–Crippen LogP) is 4.60. The second-order valence-corrected chi connectivity index (χ2v) is 9.87. The van der Waals surface area contributed by atoms with Gasteiger partial charge in [0.25, 0.3) is 0 Å². The van der Waals surface area contributed by atoms with E-state index in [1.54, 1.807) is 0 Å². The molecule has 4 saturated carbocycles. The van der Waals surface area contributed by atoms with E-state index >= 15 is 0 Å². The molecule has 4 aliphatic rings. The number of fused-ring (bicyclic) bond motifs is 5. The van der Waals surface area contributed by atoms with Gasteiger partial charge in [0.2, 0.25) is 0 Å². The predicted molar refractivity (Wildman–Crippen MR) is 91.9 cm³/mol. The topological polar surface area (TPSA) is 37.3 Å². The van der Waals surface area contributed by atoms with E-state index in [-0.39, 0.29) is 6.10 Å². The molecule has 8 atom stereocenters. The van der Waals surface area contributed by atoms with Crippen molar-refractivity contribution in [2.75, 3.05) is 0 Å². The summed E-state index contributed by atoms with van der Waals surface area (Å²) in [5.74, 6) is 4.18. The van der Waals surface area contributed by atoms with Crippen LogP contribution in [0.2, 0.25) is 0 Å². The zero-order valence-electron chi connectivity index (χ0n) is 15.2. The zero-order chi connectivity index (χ0) is 16.4. The van der Waals surface area contributed by atoms with E-state index in [1.165, 1.54) is 38.5 Å². The highest BCUT2D eigenvalue weighted by atomic mass is 16.3. The number of carbonyl (C=O) groups is 1. The smallest absolute Gasteiger partial charge is 0.133 e. The van der Waals surface area contributed by atoms with Crippen LogP contribution < -0.4 is 0 Å². The number of hydrogen-bond acceptors (Lipinski definition) is 2. The summed E-state index contributed by atoms with van der Waals surface area (Å²) in [5, 5.41) is 10.3. The summed E-state index contributed by atoms with van der Waals surface area (Å²) in [6.07, 6.45) is 10.5. The van der Waals surface area contributed by atoms with Crippen LogP contribution in [0, 0.1) is 40.4 Å². The van der Waals surface area contributed by atoms with E-state index in [9.17, 15) is 9.90 Å². The normalized spacial score (nSPS) is 54.1. The second kappa shape index (κ2) is 5.31. The Morgan fingerprint density at radius 2 is 1.74 bits per heavy atom. The van der Waals surface area contributed by atoms with Crippen molar-refractivity contribution in [1.82, 2.24) is 0 Å². The van der Waals surface area contributed by atoms with Crippen molar-refractivity contribution in [3.05, 3.63) is 0 Å². The van der Waals surface area contributed by atoms with Crippen LogP contribution in [0.3, 0.4) is 0 Å². The van der Waals surface area contributed by atoms with E-state index in [0.717, 1.165) is 37.0 Å². The molecule has 23 heavy (non-hydrogen) atoms. The lowest BCUT2D eigenvalue weighted by atomic mass is 9.44. The van der Waals surface area contributed by atoms with Gasteiger partial charge < -0.3 is 5.11 Å². The van der Waals surface area contributed by atoms with Crippen molar-refractivity contribution < 1.29 is 9.90 Å². The average Bonchev–Trinajstić information content (AvgIpc) is 2.85. The maximum atomic E-state index is 11.9. The lowest BCUT2D eigenvalue weighted by Crippen LogP contribution is -2.54. The zero-order valence-corrected chi connectivity index (χ0v) is 15.2. The first-order valence-corrected chi connectivity index (χ1v) is 10.1. The molecule has 4 rings (SSSR count). The highest BCUT2D eigenvalue weighted by Gasteiger charge is 2.60. The lowest BCUT2D eigenvalue weighted by molar-refractivity contribution is -0.141. The molecule has 0 aromatic rings. The Kier molecular flexibility index (Phi) is 3.72. The van der Waals surface area contributed by atoms with E-state index in [2.05, 4.69) is 13.8 Å². The van der Waals surface area contributed by atoms with Gasteiger partial charge in [-0.25, -0.2) is 0 Å². The summed E-state index contributed by atoms with van der Waals surface area (Å²) in [7, 11) is 0. The van der Waals surface area contributed by atoms with Crippen molar-refractivity contribution in [2.45, 2.75) is 84.7 Å². The molecule has 0 heterocycles. The molecule has 4 fully saturated rings. The van der Waals surface area contributed by atoms with Gasteiger partial charge in [0.15, 0.2) is 0 Å². The van der Waals surface area contributed by atoms with Crippen LogP contribution in [0.25, 0.3) is 0 Å². The fourth-order valence-electron chi connectivity index (χ4n) is 7.88. The van der Waals surface area contributed by atoms with Crippen LogP contribution in [-0.4, -0.2) is 17.0 Å². The SMILES string of the molecule is CC(O)[C@H]1CC[C@H]2[C@@H]3CC[C@H]4CC(=O)CC[C@]4(C)[C@H]3CC[C@]12C. The molecular formula is C21H34O2. The molecule has 1 unspecified atom stereocenters. The van der Waals surface area contributed by atoms with Crippen molar-refractivity contribution in [2.24, 2.45) is 40.4 Å². The number of aliphatic hydroxyl groups excluding tert-OH is 1. The second-order valence-electron chi connectivity index (χ2n) is 9.87. The monoisotopic (exact) mass is 318 g/mol. The minimum absolute atomic E-state index is 0.152. The summed E-state index contributed by atoms with van der Waals surface area (Å²) in [4.78, 5) is 11.9. The van der Waals surface area contributed by atoms with Crippen LogP contribution in [0.5, 0.6) is 0 Å². The van der Waals surface area contributed by atoms with Gasteiger partial charge in [-0.15, -0.1) is 0 Å². The first-order valence-electron chi connectivity index (χ1n) is 10.1. The van der Waals surface area contributed by atoms with Crippen LogP contribution in [-0.2, 0) is 4.79 Å². The van der Waals surface area contributed by atoms with Gasteiger partial charge in [-0.05, 0) is 92.3 Å². The standard InChI is InChI=1S/C21H34O2/c1-13(22)17-6-7-18-16-5-4-14-12-15(23)8-10-20(14,2)19(16)9-11-21(17,18)3/h13-14,16-19,22H,4-12H2,1-3H3/t13?,14-,16-,17+,18-,19-,20-,21+/m0/s1. The van der Waals surface area contributed by atoms with Crippen LogP contribution >= 0.6 is 0 Å². The quantitative estimate of drug-likeness (QED) is 0.767. The molecule has 0 radical (unpaired) electrons. The summed E-state index contributed by atoms with van der Waals surface area (Å²) in [6.45, 7) is 7.01. The number of carbonyl (C=O) groups excluding carboxylic acids is 1. The summed E-state index contributed by atoms with van der Waals surface area (Å²) in [5.41, 5.74) is 0.782. The largest absolute Gasteiger partial charge is 0.393 e. The molecule has 0 bridgehead atoms. The molecule has 0 aromatic carbocycles. The Morgan fingerprint density at radius 1 is 1.00 bits per heavy atom. The Balaban J connectivity index is 1.61. The third-order valence-corrected chi connectivity index (χ3v) is 9.14. The van der Waals surface area contributed by atoms with Crippen LogP contribution in [0.4, 0.5) is 0 Å². The molecule has 1 N–H and O–H groups in total. The van der Waals surface area contributed by atoms with Crippen molar-refractivity contribution in [3.8, 4) is 0 Å². The molecule has 0 amide bonds. The van der Waals surface area contributed by atoms with Gasteiger partial charge in [0, 0.05) is 12.8 Å². The van der Waals surface area contributed by atoms with Gasteiger partial charge in [-0.3, -0.25) is 4.79 Å². The third-order valence-electron chi connectivity index (χ3n) is 9.14. The fourth-order valence-corrected chi connectivity index (χ4v) is 7.88. The van der Waals surface area contributed by atoms with E-state index in [1.807, 2.05) is 6.92 Å². The molecule has 0 aromatic heterocycles. The minimum Gasteiger partial charge on any atom is -0.393 e. The van der Waals surface area contributed by atoms with Crippen molar-refractivity contribution in [1.29, 1.82) is 0 Å². The first kappa shape index (κ1) is 16.1. The van der Waals surface area contributed by atoms with Crippen molar-refractivity contribution in [3.63, 3.8) is 0 Å². The number of hydrogen-bond donors (Lipinski definition) is 1. The molecule has 4 aliphatic carbocycles. The average molecular weight is 319 g/mol. The minimum atomic E-state index is -0.152. The van der Waals surface area contributed by atoms with Gasteiger partial charge in [0.05, 0.1) is 6.10 Å². The Labute approximate surface area is 141 Å². The van der Waals surface area contributed by atoms with Crippen LogP contribution in [0.1, 0.15) is 78.6 Å². The van der Waals surface area contributed by atoms with E-state index in [4.69, 9.17) is 0 Å². The highest BCUT2D eigenvalue weighted by molar-refractivity contribution is 5.79. The Bertz CT molecular complexity index is 498. The lowest BCUT2D eigenvalue weighted by Gasteiger charge is -2.60. The number of ketones is 1. The van der Waals surface area contributed by atoms with E-state index in [0.29, 0.717) is 28.4 Å². The maximum absolute atomic E-state index is 11.9. The van der Waals surface area contributed by atoms with Crippen molar-refractivity contribution >= 4 is 5.78 Å². The molecule has 2 nitrogen and oxygen atoms in total. The fraction of sp³-hybridized carbons (Fsp3) is 0.952. The van der Waals surface area contributed by atoms with Crippen LogP contribution in [0.15, 0.2) is 0 Å². The molecule has 0 saturated heterocycles.